The molecule has 174 valence electrons. The van der Waals surface area contributed by atoms with Gasteiger partial charge in [-0.1, -0.05) is 11.6 Å². The largest absolute Gasteiger partial charge is 0.443 e. The van der Waals surface area contributed by atoms with Gasteiger partial charge in [0.1, 0.15) is 23.4 Å². The number of fused-ring (bicyclic) bond motifs is 3. The molecule has 0 aromatic heterocycles. The van der Waals surface area contributed by atoms with Crippen LogP contribution in [-0.2, 0) is 18.9 Å². The summed E-state index contributed by atoms with van der Waals surface area (Å²) in [6.07, 6.45) is 6.45. The van der Waals surface area contributed by atoms with Gasteiger partial charge in [0.25, 0.3) is 0 Å². The lowest BCUT2D eigenvalue weighted by molar-refractivity contribution is -0.118. The van der Waals surface area contributed by atoms with E-state index in [1.807, 2.05) is 0 Å². The zero-order valence-electron chi connectivity index (χ0n) is 19.4. The molecule has 0 radical (unpaired) electrons. The van der Waals surface area contributed by atoms with Crippen LogP contribution in [0.4, 0.5) is 4.79 Å². The van der Waals surface area contributed by atoms with Crippen molar-refractivity contribution in [1.82, 2.24) is 10.2 Å². The van der Waals surface area contributed by atoms with Crippen LogP contribution in [0.3, 0.4) is 0 Å². The fourth-order valence-electron chi connectivity index (χ4n) is 6.52. The molecule has 7 nitrogen and oxygen atoms in total. The molecule has 7 atom stereocenters. The maximum absolute atomic E-state index is 12.8. The van der Waals surface area contributed by atoms with Crippen molar-refractivity contribution in [3.05, 3.63) is 11.6 Å². The number of carbonyl (C=O) groups excluding carboxylic acids is 1. The number of hydrogen-bond acceptors (Lipinski definition) is 6. The van der Waals surface area contributed by atoms with Crippen LogP contribution in [0.5, 0.6) is 0 Å². The summed E-state index contributed by atoms with van der Waals surface area (Å²) in [4.78, 5) is 15.3. The van der Waals surface area contributed by atoms with Gasteiger partial charge >= 0.3 is 6.09 Å². The highest BCUT2D eigenvalue weighted by atomic mass is 16.6. The van der Waals surface area contributed by atoms with E-state index in [1.165, 1.54) is 18.4 Å². The van der Waals surface area contributed by atoms with Crippen LogP contribution in [-0.4, -0.2) is 79.9 Å². The average Bonchev–Trinajstić information content (AvgIpc) is 3.66. The van der Waals surface area contributed by atoms with Crippen LogP contribution in [0.2, 0.25) is 0 Å². The molecule has 6 rings (SSSR count). The predicted octanol–water partition coefficient (Wildman–Crippen LogP) is 2.88. The van der Waals surface area contributed by atoms with Gasteiger partial charge in [-0.2, -0.15) is 0 Å². The van der Waals surface area contributed by atoms with Crippen molar-refractivity contribution in [2.75, 3.05) is 33.4 Å². The van der Waals surface area contributed by atoms with E-state index in [4.69, 9.17) is 18.9 Å². The Morgan fingerprint density at radius 2 is 2.00 bits per heavy atom. The highest BCUT2D eigenvalue weighted by Crippen LogP contribution is 2.59. The number of piperidine rings is 3. The van der Waals surface area contributed by atoms with Gasteiger partial charge in [-0.15, -0.1) is 0 Å². The minimum Gasteiger partial charge on any atom is -0.443 e. The van der Waals surface area contributed by atoms with Gasteiger partial charge in [0.05, 0.1) is 18.6 Å². The molecule has 6 fully saturated rings. The fourth-order valence-corrected chi connectivity index (χ4v) is 6.52. The first-order valence-corrected chi connectivity index (χ1v) is 12.0. The monoisotopic (exact) mass is 434 g/mol. The molecule has 0 aromatic carbocycles. The van der Waals surface area contributed by atoms with Crippen LogP contribution in [0, 0.1) is 11.8 Å². The van der Waals surface area contributed by atoms with E-state index in [0.29, 0.717) is 5.92 Å². The highest BCUT2D eigenvalue weighted by molar-refractivity contribution is 5.68. The van der Waals surface area contributed by atoms with Gasteiger partial charge in [0.2, 0.25) is 0 Å². The van der Waals surface area contributed by atoms with Gasteiger partial charge in [-0.05, 0) is 71.9 Å². The number of alkyl carbamates (subject to hydrolysis) is 1. The zero-order valence-corrected chi connectivity index (χ0v) is 19.4. The molecular formula is C24H38N2O5. The summed E-state index contributed by atoms with van der Waals surface area (Å²) in [5.41, 5.74) is 0.798. The molecule has 31 heavy (non-hydrogen) atoms. The number of carbonyl (C=O) groups is 1. The molecule has 7 heteroatoms. The molecule has 2 bridgehead atoms. The summed E-state index contributed by atoms with van der Waals surface area (Å²) in [7, 11) is 1.72. The molecule has 1 N–H and O–H groups in total. The van der Waals surface area contributed by atoms with E-state index in [1.54, 1.807) is 7.11 Å². The summed E-state index contributed by atoms with van der Waals surface area (Å²) in [5.74, 6) is 0.636. The number of nitrogens with one attached hydrogen (secondary N) is 1. The van der Waals surface area contributed by atoms with Crippen molar-refractivity contribution in [3.8, 4) is 0 Å². The zero-order chi connectivity index (χ0) is 21.8. The van der Waals surface area contributed by atoms with Crippen LogP contribution in [0.1, 0.15) is 52.9 Å². The van der Waals surface area contributed by atoms with Gasteiger partial charge < -0.3 is 29.2 Å². The fraction of sp³-hybridized carbons (Fsp3) is 0.875. The van der Waals surface area contributed by atoms with Crippen LogP contribution < -0.4 is 5.32 Å². The van der Waals surface area contributed by atoms with E-state index >= 15 is 0 Å². The second-order valence-electron chi connectivity index (χ2n) is 10.7. The number of epoxide rings is 2. The van der Waals surface area contributed by atoms with Crippen LogP contribution in [0.15, 0.2) is 11.6 Å². The Morgan fingerprint density at radius 1 is 1.26 bits per heavy atom. The Bertz CT molecular complexity index is 725. The third kappa shape index (κ3) is 4.03. The summed E-state index contributed by atoms with van der Waals surface area (Å²) >= 11 is 0. The minimum atomic E-state index is -0.308. The number of ether oxygens (including phenoxy) is 4. The van der Waals surface area contributed by atoms with Gasteiger partial charge in [0.15, 0.2) is 0 Å². The normalized spacial score (nSPS) is 47.7. The standard InChI is InChI=1S/C24H38N2O5/c1-15(2)5-6-19-23(3,31-19)21-20(28-4)18(7-10-24(21)14-29-24)30-22(27)25-17-13-26-11-8-16(17)9-12-26/h5,16-21H,6-14H2,1-4H3,(H,25,27)/t17?,18-,19-,20-,21?,23+,24+/m1/s1. The maximum Gasteiger partial charge on any atom is 0.407 e. The van der Waals surface area contributed by atoms with Crippen molar-refractivity contribution >= 4 is 6.09 Å². The van der Waals surface area contributed by atoms with E-state index in [2.05, 4.69) is 37.1 Å². The van der Waals surface area contributed by atoms with Crippen molar-refractivity contribution in [2.45, 2.75) is 88.4 Å². The van der Waals surface area contributed by atoms with Crippen molar-refractivity contribution in [2.24, 2.45) is 11.8 Å². The van der Waals surface area contributed by atoms with Crippen LogP contribution >= 0.6 is 0 Å². The van der Waals surface area contributed by atoms with Gasteiger partial charge in [0, 0.05) is 19.7 Å². The molecular weight excluding hydrogens is 396 g/mol. The Morgan fingerprint density at radius 3 is 2.58 bits per heavy atom. The topological polar surface area (TPSA) is 75.9 Å². The molecule has 5 heterocycles. The number of nitrogens with zero attached hydrogens (tertiary/aromatic N) is 1. The predicted molar refractivity (Wildman–Crippen MR) is 116 cm³/mol. The Hall–Kier alpha value is -1.15. The average molecular weight is 435 g/mol. The Balaban J connectivity index is 1.25. The van der Waals surface area contributed by atoms with Crippen molar-refractivity contribution < 1.29 is 23.7 Å². The number of hydrogen-bond donors (Lipinski definition) is 1. The third-order valence-electron chi connectivity index (χ3n) is 8.45. The van der Waals surface area contributed by atoms with Gasteiger partial charge in [-0.3, -0.25) is 0 Å². The van der Waals surface area contributed by atoms with E-state index in [0.717, 1.165) is 45.5 Å². The number of allylic oxidation sites excluding steroid dienone is 1. The minimum absolute atomic E-state index is 0.0592. The van der Waals surface area contributed by atoms with Crippen molar-refractivity contribution in [1.29, 1.82) is 0 Å². The van der Waals surface area contributed by atoms with E-state index in [9.17, 15) is 4.79 Å². The summed E-state index contributed by atoms with van der Waals surface area (Å²) < 4.78 is 24.2. The number of amides is 1. The molecule has 2 unspecified atom stereocenters. The molecule has 0 aromatic rings. The second kappa shape index (κ2) is 8.01. The summed E-state index contributed by atoms with van der Waals surface area (Å²) in [5, 5.41) is 3.16. The third-order valence-corrected chi connectivity index (χ3v) is 8.45. The van der Waals surface area contributed by atoms with Crippen molar-refractivity contribution in [3.63, 3.8) is 0 Å². The lowest BCUT2D eigenvalue weighted by Crippen LogP contribution is -2.59. The van der Waals surface area contributed by atoms with E-state index in [-0.39, 0.29) is 47.6 Å². The summed E-state index contributed by atoms with van der Waals surface area (Å²) in [6, 6.07) is 0.200. The number of methoxy groups -OCH3 is 1. The molecule has 5 saturated heterocycles. The first-order valence-electron chi connectivity index (χ1n) is 12.0. The molecule has 1 spiro atoms. The maximum atomic E-state index is 12.8. The first kappa shape index (κ1) is 21.7. The highest BCUT2D eigenvalue weighted by Gasteiger charge is 2.72. The Kier molecular flexibility index (Phi) is 5.60. The molecule has 1 aliphatic carbocycles. The van der Waals surface area contributed by atoms with Crippen LogP contribution in [0.25, 0.3) is 0 Å². The number of rotatable bonds is 6. The summed E-state index contributed by atoms with van der Waals surface area (Å²) in [6.45, 7) is 10.4. The Labute approximate surface area is 185 Å². The lowest BCUT2D eigenvalue weighted by Gasteiger charge is -2.45. The lowest BCUT2D eigenvalue weighted by atomic mass is 9.68. The second-order valence-corrected chi connectivity index (χ2v) is 10.7. The first-order chi connectivity index (χ1) is 14.8. The SMILES string of the molecule is CO[C@H]1C([C@@]2(C)O[C@@H]2CC=C(C)C)[C@]2(CC[C@H]1OC(=O)NC1CN3CCC1CC3)CO2. The molecule has 5 aliphatic heterocycles. The quantitative estimate of drug-likeness (QED) is 0.512. The van der Waals surface area contributed by atoms with Gasteiger partial charge in [-0.25, -0.2) is 4.79 Å². The molecule has 1 saturated carbocycles. The smallest absolute Gasteiger partial charge is 0.407 e. The molecule has 1 amide bonds. The van der Waals surface area contributed by atoms with E-state index < -0.39 is 0 Å². The molecule has 6 aliphatic rings.